The van der Waals surface area contributed by atoms with Crippen LogP contribution in [0.3, 0.4) is 0 Å². The van der Waals surface area contributed by atoms with Gasteiger partial charge < -0.3 is 5.32 Å². The van der Waals surface area contributed by atoms with E-state index in [-0.39, 0.29) is 12.5 Å². The smallest absolute Gasteiger partial charge is 0.240 e. The van der Waals surface area contributed by atoms with Crippen molar-refractivity contribution < 1.29 is 13.2 Å². The van der Waals surface area contributed by atoms with Crippen molar-refractivity contribution in [2.24, 2.45) is 0 Å². The number of amides is 1. The predicted molar refractivity (Wildman–Crippen MR) is 90.6 cm³/mol. The standard InChI is InChI=1S/C16H26N2O3S/c1-5-6-11-17-16(19)12-18(22(4,20)21)15-9-7-14(8-10-15)13(2)3/h7-10,13H,5-6,11-12H2,1-4H3,(H,17,19). The van der Waals surface area contributed by atoms with Gasteiger partial charge >= 0.3 is 0 Å². The molecule has 0 unspecified atom stereocenters. The molecule has 0 aliphatic rings. The first-order valence-corrected chi connectivity index (χ1v) is 9.45. The number of hydrogen-bond donors (Lipinski definition) is 1. The van der Waals surface area contributed by atoms with Crippen LogP contribution in [0.25, 0.3) is 0 Å². The lowest BCUT2D eigenvalue weighted by Crippen LogP contribution is -2.40. The number of hydrogen-bond acceptors (Lipinski definition) is 3. The van der Waals surface area contributed by atoms with E-state index >= 15 is 0 Å². The van der Waals surface area contributed by atoms with Gasteiger partial charge in [-0.15, -0.1) is 0 Å². The second-order valence-corrected chi connectivity index (χ2v) is 7.63. The third-order valence-electron chi connectivity index (χ3n) is 3.39. The summed E-state index contributed by atoms with van der Waals surface area (Å²) in [7, 11) is -3.50. The van der Waals surface area contributed by atoms with Crippen molar-refractivity contribution in [1.29, 1.82) is 0 Å². The van der Waals surface area contributed by atoms with Crippen molar-refractivity contribution in [1.82, 2.24) is 5.32 Å². The van der Waals surface area contributed by atoms with E-state index < -0.39 is 10.0 Å². The van der Waals surface area contributed by atoms with Crippen molar-refractivity contribution >= 4 is 21.6 Å². The highest BCUT2D eigenvalue weighted by molar-refractivity contribution is 7.92. The molecule has 0 fully saturated rings. The molecule has 6 heteroatoms. The van der Waals surface area contributed by atoms with Crippen LogP contribution in [-0.2, 0) is 14.8 Å². The minimum absolute atomic E-state index is 0.191. The number of nitrogens with zero attached hydrogens (tertiary/aromatic N) is 1. The number of anilines is 1. The fourth-order valence-electron chi connectivity index (χ4n) is 2.02. The molecule has 1 amide bonds. The summed E-state index contributed by atoms with van der Waals surface area (Å²) >= 11 is 0. The summed E-state index contributed by atoms with van der Waals surface area (Å²) in [5.41, 5.74) is 1.64. The van der Waals surface area contributed by atoms with E-state index in [1.54, 1.807) is 12.1 Å². The zero-order valence-corrected chi connectivity index (χ0v) is 14.6. The van der Waals surface area contributed by atoms with E-state index in [1.165, 1.54) is 0 Å². The van der Waals surface area contributed by atoms with E-state index in [0.29, 0.717) is 18.2 Å². The molecule has 0 bridgehead atoms. The minimum Gasteiger partial charge on any atom is -0.355 e. The maximum Gasteiger partial charge on any atom is 0.240 e. The van der Waals surface area contributed by atoms with Gasteiger partial charge in [-0.25, -0.2) is 8.42 Å². The van der Waals surface area contributed by atoms with Crippen LogP contribution >= 0.6 is 0 Å². The molecule has 0 aliphatic carbocycles. The first-order valence-electron chi connectivity index (χ1n) is 7.60. The lowest BCUT2D eigenvalue weighted by atomic mass is 10.0. The second kappa shape index (κ2) is 8.17. The van der Waals surface area contributed by atoms with Crippen molar-refractivity contribution in [3.05, 3.63) is 29.8 Å². The summed E-state index contributed by atoms with van der Waals surface area (Å²) < 4.78 is 25.1. The Morgan fingerprint density at radius 2 is 1.82 bits per heavy atom. The molecule has 0 radical (unpaired) electrons. The lowest BCUT2D eigenvalue weighted by Gasteiger charge is -2.22. The fraction of sp³-hybridized carbons (Fsp3) is 0.562. The summed E-state index contributed by atoms with van der Waals surface area (Å²) in [6, 6.07) is 7.28. The largest absolute Gasteiger partial charge is 0.355 e. The molecule has 0 atom stereocenters. The Labute approximate surface area is 133 Å². The van der Waals surface area contributed by atoms with Crippen LogP contribution in [0, 0.1) is 0 Å². The Morgan fingerprint density at radius 1 is 1.23 bits per heavy atom. The Morgan fingerprint density at radius 3 is 2.27 bits per heavy atom. The van der Waals surface area contributed by atoms with Gasteiger partial charge in [-0.1, -0.05) is 39.3 Å². The third kappa shape index (κ3) is 5.67. The quantitative estimate of drug-likeness (QED) is 0.746. The fourth-order valence-corrected chi connectivity index (χ4v) is 2.87. The second-order valence-electron chi connectivity index (χ2n) is 5.72. The van der Waals surface area contributed by atoms with Crippen molar-refractivity contribution in [3.63, 3.8) is 0 Å². The molecule has 0 aliphatic heterocycles. The van der Waals surface area contributed by atoms with Crippen LogP contribution in [0.15, 0.2) is 24.3 Å². The topological polar surface area (TPSA) is 66.5 Å². The highest BCUT2D eigenvalue weighted by Crippen LogP contribution is 2.21. The van der Waals surface area contributed by atoms with Gasteiger partial charge in [0.05, 0.1) is 11.9 Å². The Balaban J connectivity index is 2.88. The number of carbonyl (C=O) groups is 1. The summed E-state index contributed by atoms with van der Waals surface area (Å²) in [5.74, 6) is 0.0879. The van der Waals surface area contributed by atoms with Gasteiger partial charge in [0.1, 0.15) is 6.54 Å². The van der Waals surface area contributed by atoms with E-state index in [1.807, 2.05) is 19.1 Å². The number of unbranched alkanes of at least 4 members (excludes halogenated alkanes) is 1. The van der Waals surface area contributed by atoms with Crippen molar-refractivity contribution in [3.8, 4) is 0 Å². The van der Waals surface area contributed by atoms with Crippen molar-refractivity contribution in [2.75, 3.05) is 23.7 Å². The molecule has 22 heavy (non-hydrogen) atoms. The first-order chi connectivity index (χ1) is 10.3. The van der Waals surface area contributed by atoms with E-state index in [9.17, 15) is 13.2 Å². The molecular formula is C16H26N2O3S. The number of nitrogens with one attached hydrogen (secondary N) is 1. The average Bonchev–Trinajstić information content (AvgIpc) is 2.44. The minimum atomic E-state index is -3.50. The summed E-state index contributed by atoms with van der Waals surface area (Å²) in [4.78, 5) is 11.9. The molecule has 1 rings (SSSR count). The van der Waals surface area contributed by atoms with Crippen LogP contribution < -0.4 is 9.62 Å². The highest BCUT2D eigenvalue weighted by Gasteiger charge is 2.20. The summed E-state index contributed by atoms with van der Waals surface area (Å²) in [5, 5.41) is 2.74. The molecule has 1 N–H and O–H groups in total. The van der Waals surface area contributed by atoms with Gasteiger partial charge in [-0.2, -0.15) is 0 Å². The maximum absolute atomic E-state index is 12.0. The molecule has 5 nitrogen and oxygen atoms in total. The average molecular weight is 326 g/mol. The Kier molecular flexibility index (Phi) is 6.87. The molecule has 1 aromatic rings. The number of rotatable bonds is 8. The van der Waals surface area contributed by atoms with E-state index in [0.717, 1.165) is 29.0 Å². The molecule has 0 spiro atoms. The molecule has 0 heterocycles. The number of carbonyl (C=O) groups excluding carboxylic acids is 1. The predicted octanol–water partition coefficient (Wildman–Crippen LogP) is 2.49. The van der Waals surface area contributed by atoms with Gasteiger partial charge in [0.2, 0.25) is 15.9 Å². The number of sulfonamides is 1. The van der Waals surface area contributed by atoms with Gasteiger partial charge in [0.25, 0.3) is 0 Å². The monoisotopic (exact) mass is 326 g/mol. The van der Waals surface area contributed by atoms with Crippen LogP contribution in [0.4, 0.5) is 5.69 Å². The normalized spacial score (nSPS) is 11.5. The van der Waals surface area contributed by atoms with Crippen LogP contribution in [-0.4, -0.2) is 33.7 Å². The van der Waals surface area contributed by atoms with Gasteiger partial charge in [-0.3, -0.25) is 9.10 Å². The first kappa shape index (κ1) is 18.5. The number of benzene rings is 1. The lowest BCUT2D eigenvalue weighted by molar-refractivity contribution is -0.119. The van der Waals surface area contributed by atoms with Gasteiger partial charge in [0.15, 0.2) is 0 Å². The molecule has 124 valence electrons. The SMILES string of the molecule is CCCCNC(=O)CN(c1ccc(C(C)C)cc1)S(C)(=O)=O. The van der Waals surface area contributed by atoms with Gasteiger partial charge in [0, 0.05) is 6.54 Å². The van der Waals surface area contributed by atoms with E-state index in [2.05, 4.69) is 19.2 Å². The molecule has 0 saturated carbocycles. The van der Waals surface area contributed by atoms with E-state index in [4.69, 9.17) is 0 Å². The Hall–Kier alpha value is -1.56. The summed E-state index contributed by atoms with van der Waals surface area (Å²) in [6.07, 6.45) is 2.98. The zero-order chi connectivity index (χ0) is 16.8. The Bertz CT molecular complexity index is 580. The van der Waals surface area contributed by atoms with Crippen molar-refractivity contribution in [2.45, 2.75) is 39.5 Å². The van der Waals surface area contributed by atoms with Crippen LogP contribution in [0.5, 0.6) is 0 Å². The van der Waals surface area contributed by atoms with Crippen LogP contribution in [0.1, 0.15) is 45.1 Å². The molecule has 0 aromatic heterocycles. The molecule has 1 aromatic carbocycles. The molecular weight excluding hydrogens is 300 g/mol. The third-order valence-corrected chi connectivity index (χ3v) is 4.53. The molecule has 0 saturated heterocycles. The summed E-state index contributed by atoms with van der Waals surface area (Å²) in [6.45, 7) is 6.56. The maximum atomic E-state index is 12.0. The van der Waals surface area contributed by atoms with Crippen LogP contribution in [0.2, 0.25) is 0 Å². The zero-order valence-electron chi connectivity index (χ0n) is 13.8. The highest BCUT2D eigenvalue weighted by atomic mass is 32.2. The van der Waals surface area contributed by atoms with Gasteiger partial charge in [-0.05, 0) is 30.0 Å².